The molecule has 5 nitrogen and oxygen atoms in total. The van der Waals surface area contributed by atoms with Crippen molar-refractivity contribution in [2.75, 3.05) is 20.2 Å². The number of ether oxygens (including phenoxy) is 1. The molecule has 1 saturated heterocycles. The Kier molecular flexibility index (Phi) is 4.71. The average Bonchev–Trinajstić information content (AvgIpc) is 3.11. The fourth-order valence-corrected chi connectivity index (χ4v) is 3.07. The smallest absolute Gasteiger partial charge is 0.253 e. The number of carbonyl (C=O) groups is 1. The Hall–Kier alpha value is -2.21. The van der Waals surface area contributed by atoms with Gasteiger partial charge in [-0.05, 0) is 37.1 Å². The van der Waals surface area contributed by atoms with Gasteiger partial charge in [0.1, 0.15) is 5.82 Å². The van der Waals surface area contributed by atoms with Gasteiger partial charge in [-0.15, -0.1) is 0 Å². The van der Waals surface area contributed by atoms with E-state index in [0.717, 1.165) is 25.1 Å². The minimum absolute atomic E-state index is 0.0634. The van der Waals surface area contributed by atoms with Crippen LogP contribution < -0.4 is 0 Å². The van der Waals surface area contributed by atoms with Crippen molar-refractivity contribution in [1.29, 1.82) is 0 Å². The summed E-state index contributed by atoms with van der Waals surface area (Å²) in [7, 11) is 1.51. The molecule has 1 aliphatic rings. The summed E-state index contributed by atoms with van der Waals surface area (Å²) in [6.07, 6.45) is 3.71. The van der Waals surface area contributed by atoms with Gasteiger partial charge in [-0.3, -0.25) is 9.89 Å². The van der Waals surface area contributed by atoms with Crippen molar-refractivity contribution in [3.05, 3.63) is 53.1 Å². The summed E-state index contributed by atoms with van der Waals surface area (Å²) in [4.78, 5) is 14.6. The Morgan fingerprint density at radius 3 is 3.09 bits per heavy atom. The average molecular weight is 317 g/mol. The van der Waals surface area contributed by atoms with E-state index >= 15 is 0 Å². The summed E-state index contributed by atoms with van der Waals surface area (Å²) < 4.78 is 18.7. The van der Waals surface area contributed by atoms with Crippen LogP contribution in [0.3, 0.4) is 0 Å². The van der Waals surface area contributed by atoms with Crippen molar-refractivity contribution < 1.29 is 13.9 Å². The first kappa shape index (κ1) is 15.7. The molecule has 1 aliphatic heterocycles. The van der Waals surface area contributed by atoms with E-state index in [2.05, 4.69) is 10.2 Å². The molecule has 0 bridgehead atoms. The number of hydrogen-bond donors (Lipinski definition) is 1. The van der Waals surface area contributed by atoms with Crippen LogP contribution in [0.4, 0.5) is 4.39 Å². The number of H-pyrrole nitrogens is 1. The summed E-state index contributed by atoms with van der Waals surface area (Å²) in [6, 6.07) is 6.41. The lowest BCUT2D eigenvalue weighted by atomic mass is 9.94. The molecule has 1 aromatic heterocycles. The Bertz CT molecular complexity index is 672. The zero-order chi connectivity index (χ0) is 16.2. The van der Waals surface area contributed by atoms with Crippen LogP contribution in [0.25, 0.3) is 0 Å². The van der Waals surface area contributed by atoms with Crippen LogP contribution in [0.15, 0.2) is 30.5 Å². The maximum Gasteiger partial charge on any atom is 0.253 e. The lowest BCUT2D eigenvalue weighted by Crippen LogP contribution is -2.39. The number of benzene rings is 1. The number of aromatic amines is 1. The third kappa shape index (κ3) is 3.42. The first-order valence-corrected chi connectivity index (χ1v) is 7.75. The molecule has 1 atom stereocenters. The van der Waals surface area contributed by atoms with Gasteiger partial charge >= 0.3 is 0 Å². The first-order valence-electron chi connectivity index (χ1n) is 7.75. The number of likely N-dealkylation sites (tertiary alicyclic amines) is 1. The van der Waals surface area contributed by atoms with E-state index in [1.807, 2.05) is 11.0 Å². The Labute approximate surface area is 134 Å². The van der Waals surface area contributed by atoms with Crippen molar-refractivity contribution in [2.24, 2.45) is 0 Å². The van der Waals surface area contributed by atoms with Crippen molar-refractivity contribution in [1.82, 2.24) is 15.1 Å². The SMILES string of the molecule is COCc1cc(C(=O)N2CCCC(c3ccn[nH]3)C2)ccc1F. The normalized spacial score (nSPS) is 18.2. The highest BCUT2D eigenvalue weighted by molar-refractivity contribution is 5.94. The molecule has 2 aromatic rings. The van der Waals surface area contributed by atoms with Crippen molar-refractivity contribution in [3.63, 3.8) is 0 Å². The van der Waals surface area contributed by atoms with Gasteiger partial charge < -0.3 is 9.64 Å². The third-order valence-electron chi connectivity index (χ3n) is 4.26. The standard InChI is InChI=1S/C17H20FN3O2/c1-23-11-14-9-12(4-5-15(14)18)17(22)21-8-2-3-13(10-21)16-6-7-19-20-16/h4-7,9,13H,2-3,8,10-11H2,1H3,(H,19,20). The maximum absolute atomic E-state index is 13.7. The number of hydrogen-bond acceptors (Lipinski definition) is 3. The Balaban J connectivity index is 1.76. The molecule has 0 spiro atoms. The second kappa shape index (κ2) is 6.91. The Morgan fingerprint density at radius 2 is 2.35 bits per heavy atom. The fourth-order valence-electron chi connectivity index (χ4n) is 3.07. The van der Waals surface area contributed by atoms with Crippen LogP contribution in [-0.2, 0) is 11.3 Å². The topological polar surface area (TPSA) is 58.2 Å². The van der Waals surface area contributed by atoms with E-state index in [1.165, 1.54) is 19.2 Å². The number of amides is 1. The highest BCUT2D eigenvalue weighted by atomic mass is 19.1. The van der Waals surface area contributed by atoms with Crippen molar-refractivity contribution in [2.45, 2.75) is 25.4 Å². The first-order chi connectivity index (χ1) is 11.2. The van der Waals surface area contributed by atoms with Crippen LogP contribution in [0.1, 0.15) is 40.4 Å². The van der Waals surface area contributed by atoms with Gasteiger partial charge in [-0.1, -0.05) is 0 Å². The number of piperidine rings is 1. The molecule has 1 unspecified atom stereocenters. The number of carbonyl (C=O) groups excluding carboxylic acids is 1. The quantitative estimate of drug-likeness (QED) is 0.943. The Morgan fingerprint density at radius 1 is 1.48 bits per heavy atom. The molecular formula is C17H20FN3O2. The molecule has 6 heteroatoms. The zero-order valence-electron chi connectivity index (χ0n) is 13.1. The van der Waals surface area contributed by atoms with E-state index in [9.17, 15) is 9.18 Å². The van der Waals surface area contributed by atoms with E-state index < -0.39 is 0 Å². The molecule has 3 rings (SSSR count). The summed E-state index contributed by atoms with van der Waals surface area (Å²) in [5.74, 6) is -0.141. The van der Waals surface area contributed by atoms with Crippen LogP contribution >= 0.6 is 0 Å². The second-order valence-corrected chi connectivity index (χ2v) is 5.84. The van der Waals surface area contributed by atoms with Crippen molar-refractivity contribution >= 4 is 5.91 Å². The minimum atomic E-state index is -0.350. The molecular weight excluding hydrogens is 297 g/mol. The van der Waals surface area contributed by atoms with Crippen LogP contribution in [0.2, 0.25) is 0 Å². The molecule has 1 amide bonds. The second-order valence-electron chi connectivity index (χ2n) is 5.84. The number of nitrogens with zero attached hydrogens (tertiary/aromatic N) is 2. The number of rotatable bonds is 4. The monoisotopic (exact) mass is 317 g/mol. The molecule has 1 N–H and O–H groups in total. The molecule has 2 heterocycles. The van der Waals surface area contributed by atoms with E-state index in [0.29, 0.717) is 17.7 Å². The predicted octanol–water partition coefficient (Wildman–Crippen LogP) is 2.72. The van der Waals surface area contributed by atoms with E-state index in [4.69, 9.17) is 4.74 Å². The van der Waals surface area contributed by atoms with Crippen LogP contribution in [0.5, 0.6) is 0 Å². The van der Waals surface area contributed by atoms with Gasteiger partial charge in [-0.25, -0.2) is 4.39 Å². The maximum atomic E-state index is 13.7. The summed E-state index contributed by atoms with van der Waals surface area (Å²) >= 11 is 0. The molecule has 0 aliphatic carbocycles. The molecule has 1 aromatic carbocycles. The zero-order valence-corrected chi connectivity index (χ0v) is 13.1. The molecule has 122 valence electrons. The predicted molar refractivity (Wildman–Crippen MR) is 83.6 cm³/mol. The largest absolute Gasteiger partial charge is 0.380 e. The molecule has 0 radical (unpaired) electrons. The number of methoxy groups -OCH3 is 1. The van der Waals surface area contributed by atoms with Gasteiger partial charge in [0.2, 0.25) is 0 Å². The van der Waals surface area contributed by atoms with Crippen LogP contribution in [-0.4, -0.2) is 41.2 Å². The van der Waals surface area contributed by atoms with Crippen LogP contribution in [0, 0.1) is 5.82 Å². The van der Waals surface area contributed by atoms with E-state index in [1.54, 1.807) is 12.3 Å². The highest BCUT2D eigenvalue weighted by Crippen LogP contribution is 2.26. The van der Waals surface area contributed by atoms with Gasteiger partial charge in [0.15, 0.2) is 0 Å². The molecule has 23 heavy (non-hydrogen) atoms. The summed E-state index contributed by atoms with van der Waals surface area (Å²) in [5.41, 5.74) is 1.96. The van der Waals surface area contributed by atoms with Gasteiger partial charge in [0.05, 0.1) is 6.61 Å². The summed E-state index contributed by atoms with van der Waals surface area (Å²) in [6.45, 7) is 1.53. The number of halogens is 1. The molecule has 0 saturated carbocycles. The number of nitrogens with one attached hydrogen (secondary N) is 1. The molecule has 1 fully saturated rings. The van der Waals surface area contributed by atoms with E-state index in [-0.39, 0.29) is 24.2 Å². The number of aromatic nitrogens is 2. The minimum Gasteiger partial charge on any atom is -0.380 e. The summed E-state index contributed by atoms with van der Waals surface area (Å²) in [5, 5.41) is 6.97. The lowest BCUT2D eigenvalue weighted by Gasteiger charge is -2.32. The lowest BCUT2D eigenvalue weighted by molar-refractivity contribution is 0.0705. The highest BCUT2D eigenvalue weighted by Gasteiger charge is 2.26. The van der Waals surface area contributed by atoms with Gasteiger partial charge in [-0.2, -0.15) is 5.10 Å². The van der Waals surface area contributed by atoms with Gasteiger partial charge in [0, 0.05) is 49.1 Å². The fraction of sp³-hybridized carbons (Fsp3) is 0.412. The van der Waals surface area contributed by atoms with Gasteiger partial charge in [0.25, 0.3) is 5.91 Å². The van der Waals surface area contributed by atoms with Crippen molar-refractivity contribution in [3.8, 4) is 0 Å². The third-order valence-corrected chi connectivity index (χ3v) is 4.26.